The number of aromatic hydroxyl groups is 2. The third kappa shape index (κ3) is 2.84. The van der Waals surface area contributed by atoms with Crippen molar-refractivity contribution < 1.29 is 15.0 Å². The number of phenolic OH excluding ortho intramolecular Hbond substituents is 2. The molecule has 3 N–H and O–H groups in total. The second-order valence-corrected chi connectivity index (χ2v) is 9.74. The first-order valence-corrected chi connectivity index (χ1v) is 11.2. The number of hydrogen-bond donors (Lipinski definition) is 3. The average Bonchev–Trinajstić information content (AvgIpc) is 2.96. The van der Waals surface area contributed by atoms with Gasteiger partial charge in [0, 0.05) is 11.3 Å². The van der Waals surface area contributed by atoms with Crippen LogP contribution < -0.4 is 5.32 Å². The van der Waals surface area contributed by atoms with E-state index in [1.54, 1.807) is 24.3 Å². The van der Waals surface area contributed by atoms with Gasteiger partial charge in [0.2, 0.25) is 5.91 Å². The smallest absolute Gasteiger partial charge is 0.244 e. The molecular formula is C20H11Br4NO3. The van der Waals surface area contributed by atoms with E-state index < -0.39 is 5.41 Å². The molecule has 0 aliphatic carbocycles. The van der Waals surface area contributed by atoms with Crippen LogP contribution in [0, 0.1) is 0 Å². The van der Waals surface area contributed by atoms with Crippen LogP contribution in [0.15, 0.2) is 66.4 Å². The lowest BCUT2D eigenvalue weighted by Gasteiger charge is -2.30. The van der Waals surface area contributed by atoms with Crippen molar-refractivity contribution in [1.29, 1.82) is 0 Å². The second-order valence-electron chi connectivity index (χ2n) is 6.33. The minimum absolute atomic E-state index is 0.0543. The van der Waals surface area contributed by atoms with Gasteiger partial charge in [-0.15, -0.1) is 0 Å². The summed E-state index contributed by atoms with van der Waals surface area (Å²) in [6.07, 6.45) is 0. The predicted molar refractivity (Wildman–Crippen MR) is 122 cm³/mol. The first-order valence-electron chi connectivity index (χ1n) is 8.04. The summed E-state index contributed by atoms with van der Waals surface area (Å²) in [5, 5.41) is 23.3. The molecule has 1 heterocycles. The van der Waals surface area contributed by atoms with Gasteiger partial charge in [-0.1, -0.05) is 18.2 Å². The number of carbonyl (C=O) groups excluding carboxylic acids is 1. The van der Waals surface area contributed by atoms with Gasteiger partial charge in [0.25, 0.3) is 0 Å². The third-order valence-electron chi connectivity index (χ3n) is 4.82. The monoisotopic (exact) mass is 629 g/mol. The summed E-state index contributed by atoms with van der Waals surface area (Å²) in [5.74, 6) is -0.111. The summed E-state index contributed by atoms with van der Waals surface area (Å²) >= 11 is 13.5. The molecule has 0 saturated heterocycles. The maximum absolute atomic E-state index is 13.5. The topological polar surface area (TPSA) is 69.6 Å². The summed E-state index contributed by atoms with van der Waals surface area (Å²) in [6.45, 7) is 0. The van der Waals surface area contributed by atoms with Crippen molar-refractivity contribution in [3.8, 4) is 11.5 Å². The Balaban J connectivity index is 2.14. The molecule has 4 nitrogen and oxygen atoms in total. The molecule has 1 amide bonds. The molecule has 1 aliphatic rings. The van der Waals surface area contributed by atoms with Crippen LogP contribution in [0.3, 0.4) is 0 Å². The molecule has 0 saturated carbocycles. The standard InChI is InChI=1S/C20H11Br4NO3/c21-12-5-9(6-13(22)17(12)26)20(10-7-14(23)18(27)15(24)8-10)11-3-1-2-4-16(11)25-19(20)28/h1-8,26-27H,(H,25,28). The Morgan fingerprint density at radius 1 is 0.750 bits per heavy atom. The van der Waals surface area contributed by atoms with Gasteiger partial charge in [-0.2, -0.15) is 0 Å². The lowest BCUT2D eigenvalue weighted by atomic mass is 9.70. The summed E-state index contributed by atoms with van der Waals surface area (Å²) in [7, 11) is 0. The number of benzene rings is 3. The zero-order valence-electron chi connectivity index (χ0n) is 13.9. The Kier molecular flexibility index (Phi) is 5.10. The SMILES string of the molecule is O=C1Nc2ccccc2C1(c1cc(Br)c(O)c(Br)c1)c1cc(Br)c(O)c(Br)c1. The van der Waals surface area contributed by atoms with Crippen molar-refractivity contribution >= 4 is 75.3 Å². The highest BCUT2D eigenvalue weighted by molar-refractivity contribution is 9.11. The zero-order chi connectivity index (χ0) is 20.2. The van der Waals surface area contributed by atoms with Gasteiger partial charge in [-0.25, -0.2) is 0 Å². The third-order valence-corrected chi connectivity index (χ3v) is 7.24. The molecular weight excluding hydrogens is 622 g/mol. The molecule has 3 aromatic carbocycles. The van der Waals surface area contributed by atoms with Crippen LogP contribution >= 0.6 is 63.7 Å². The molecule has 3 aromatic rings. The van der Waals surface area contributed by atoms with Gasteiger partial charge in [0.1, 0.15) is 16.9 Å². The molecule has 142 valence electrons. The normalized spacial score (nSPS) is 14.6. The van der Waals surface area contributed by atoms with Crippen LogP contribution in [0.1, 0.15) is 16.7 Å². The maximum atomic E-state index is 13.5. The number of carbonyl (C=O) groups is 1. The Morgan fingerprint density at radius 2 is 1.18 bits per heavy atom. The van der Waals surface area contributed by atoms with Gasteiger partial charge in [-0.05, 0) is 105 Å². The number of rotatable bonds is 2. The quantitative estimate of drug-likeness (QED) is 0.305. The van der Waals surface area contributed by atoms with E-state index in [4.69, 9.17) is 0 Å². The van der Waals surface area contributed by atoms with Crippen molar-refractivity contribution in [1.82, 2.24) is 0 Å². The first kappa shape index (κ1) is 19.9. The highest BCUT2D eigenvalue weighted by Gasteiger charge is 2.50. The number of nitrogens with one attached hydrogen (secondary N) is 1. The first-order chi connectivity index (χ1) is 13.3. The number of amides is 1. The van der Waals surface area contributed by atoms with Crippen LogP contribution in [0.4, 0.5) is 5.69 Å². The molecule has 28 heavy (non-hydrogen) atoms. The molecule has 0 spiro atoms. The van der Waals surface area contributed by atoms with Gasteiger partial charge >= 0.3 is 0 Å². The maximum Gasteiger partial charge on any atom is 0.244 e. The van der Waals surface area contributed by atoms with Crippen LogP contribution in [-0.2, 0) is 10.2 Å². The Hall–Kier alpha value is -1.35. The zero-order valence-corrected chi connectivity index (χ0v) is 20.3. The Morgan fingerprint density at radius 3 is 1.64 bits per heavy atom. The summed E-state index contributed by atoms with van der Waals surface area (Å²) in [4.78, 5) is 13.5. The number of para-hydroxylation sites is 1. The Bertz CT molecular complexity index is 1040. The lowest BCUT2D eigenvalue weighted by molar-refractivity contribution is -0.118. The molecule has 0 radical (unpaired) electrons. The highest BCUT2D eigenvalue weighted by Crippen LogP contribution is 2.51. The fraction of sp³-hybridized carbons (Fsp3) is 0.0500. The molecule has 1 aliphatic heterocycles. The van der Waals surface area contributed by atoms with Gasteiger partial charge in [0.15, 0.2) is 0 Å². The summed E-state index contributed by atoms with van der Waals surface area (Å²) < 4.78 is 1.85. The van der Waals surface area contributed by atoms with Gasteiger partial charge in [0.05, 0.1) is 17.9 Å². The van der Waals surface area contributed by atoms with Crippen molar-refractivity contribution in [3.05, 3.63) is 83.1 Å². The molecule has 0 aromatic heterocycles. The van der Waals surface area contributed by atoms with E-state index in [2.05, 4.69) is 69.0 Å². The van der Waals surface area contributed by atoms with E-state index in [-0.39, 0.29) is 17.4 Å². The minimum Gasteiger partial charge on any atom is -0.506 e. The van der Waals surface area contributed by atoms with Crippen molar-refractivity contribution in [2.24, 2.45) is 0 Å². The number of anilines is 1. The van der Waals surface area contributed by atoms with Crippen LogP contribution in [0.2, 0.25) is 0 Å². The minimum atomic E-state index is -1.17. The fourth-order valence-corrected chi connectivity index (χ4v) is 5.93. The van der Waals surface area contributed by atoms with Crippen LogP contribution in [0.5, 0.6) is 11.5 Å². The van der Waals surface area contributed by atoms with E-state index in [0.717, 1.165) is 5.56 Å². The van der Waals surface area contributed by atoms with E-state index >= 15 is 0 Å². The molecule has 0 atom stereocenters. The highest BCUT2D eigenvalue weighted by atomic mass is 79.9. The summed E-state index contributed by atoms with van der Waals surface area (Å²) in [5.41, 5.74) is 1.66. The number of hydrogen-bond acceptors (Lipinski definition) is 3. The second kappa shape index (κ2) is 7.16. The van der Waals surface area contributed by atoms with Crippen molar-refractivity contribution in [2.75, 3.05) is 5.32 Å². The molecule has 0 unspecified atom stereocenters. The largest absolute Gasteiger partial charge is 0.506 e. The van der Waals surface area contributed by atoms with Crippen molar-refractivity contribution in [2.45, 2.75) is 5.41 Å². The molecule has 8 heteroatoms. The van der Waals surface area contributed by atoms with Crippen molar-refractivity contribution in [3.63, 3.8) is 0 Å². The lowest BCUT2D eigenvalue weighted by Crippen LogP contribution is -2.37. The van der Waals surface area contributed by atoms with E-state index in [1.807, 2.05) is 24.3 Å². The van der Waals surface area contributed by atoms with E-state index in [1.165, 1.54) is 0 Å². The average molecular weight is 633 g/mol. The van der Waals surface area contributed by atoms with Gasteiger partial charge in [-0.3, -0.25) is 4.79 Å². The number of phenols is 2. The molecule has 4 rings (SSSR count). The number of fused-ring (bicyclic) bond motifs is 1. The fourth-order valence-electron chi connectivity index (χ4n) is 3.56. The van der Waals surface area contributed by atoms with Gasteiger partial charge < -0.3 is 15.5 Å². The van der Waals surface area contributed by atoms with Crippen LogP contribution in [-0.4, -0.2) is 16.1 Å². The van der Waals surface area contributed by atoms with Crippen LogP contribution in [0.25, 0.3) is 0 Å². The number of halogens is 4. The Labute approximate surface area is 194 Å². The molecule has 0 fully saturated rings. The van der Waals surface area contributed by atoms with E-state index in [0.29, 0.717) is 34.7 Å². The molecule has 0 bridgehead atoms. The van der Waals surface area contributed by atoms with E-state index in [9.17, 15) is 15.0 Å². The summed E-state index contributed by atoms with van der Waals surface area (Å²) in [6, 6.07) is 14.4. The predicted octanol–water partition coefficient (Wildman–Crippen LogP) is 6.43.